The Morgan fingerprint density at radius 3 is 2.79 bits per heavy atom. The quantitative estimate of drug-likeness (QED) is 0.345. The molecule has 5 rings (SSSR count). The number of halogens is 1. The molecule has 3 heterocycles. The zero-order chi connectivity index (χ0) is 26.5. The summed E-state index contributed by atoms with van der Waals surface area (Å²) in [5, 5.41) is 12.6. The van der Waals surface area contributed by atoms with E-state index < -0.39 is 11.4 Å². The van der Waals surface area contributed by atoms with E-state index in [9.17, 15) is 14.4 Å². The standard InChI is InChI=1S/C27H18FN9O/c28-18-4-7-23-22(13-18)27(38)37(20-3-1-2-17(12-20)14-29)24(36-23)8-9-33-26-21(25(30)34-16-35-26)6-5-19-15-31-10-11-32-19/h1-4,7,10-13,15-16H,8-9H2,(H3,30,33,34,35). The highest BCUT2D eigenvalue weighted by Gasteiger charge is 2.15. The lowest BCUT2D eigenvalue weighted by atomic mass is 10.2. The summed E-state index contributed by atoms with van der Waals surface area (Å²) >= 11 is 0. The lowest BCUT2D eigenvalue weighted by Crippen LogP contribution is -2.25. The summed E-state index contributed by atoms with van der Waals surface area (Å²) < 4.78 is 15.3. The van der Waals surface area contributed by atoms with Crippen molar-refractivity contribution in [3.8, 4) is 23.6 Å². The number of nitrogens with two attached hydrogens (primary N) is 1. The first-order valence-electron chi connectivity index (χ1n) is 11.4. The van der Waals surface area contributed by atoms with Gasteiger partial charge in [0.25, 0.3) is 5.56 Å². The third-order valence-corrected chi connectivity index (χ3v) is 5.53. The van der Waals surface area contributed by atoms with Crippen LogP contribution in [0.15, 0.2) is 72.2 Å². The van der Waals surface area contributed by atoms with Gasteiger partial charge in [0.1, 0.15) is 40.9 Å². The molecule has 0 bridgehead atoms. The number of nitrogen functional groups attached to an aromatic ring is 1. The summed E-state index contributed by atoms with van der Waals surface area (Å²) in [7, 11) is 0. The third kappa shape index (κ3) is 4.98. The van der Waals surface area contributed by atoms with E-state index in [4.69, 9.17) is 5.73 Å². The van der Waals surface area contributed by atoms with Crippen molar-refractivity contribution in [2.24, 2.45) is 0 Å². The monoisotopic (exact) mass is 503 g/mol. The van der Waals surface area contributed by atoms with E-state index in [1.807, 2.05) is 0 Å². The Bertz CT molecular complexity index is 1820. The Hall–Kier alpha value is -5.68. The van der Waals surface area contributed by atoms with E-state index in [1.165, 1.54) is 35.4 Å². The molecule has 0 fully saturated rings. The first kappa shape index (κ1) is 24.0. The molecule has 11 heteroatoms. The third-order valence-electron chi connectivity index (χ3n) is 5.53. The van der Waals surface area contributed by atoms with Gasteiger partial charge in [0.2, 0.25) is 0 Å². The minimum atomic E-state index is -0.542. The number of hydrogen-bond acceptors (Lipinski definition) is 9. The van der Waals surface area contributed by atoms with Gasteiger partial charge in [0, 0.05) is 25.4 Å². The zero-order valence-electron chi connectivity index (χ0n) is 19.8. The maximum absolute atomic E-state index is 13.9. The van der Waals surface area contributed by atoms with Crippen LogP contribution < -0.4 is 16.6 Å². The van der Waals surface area contributed by atoms with Gasteiger partial charge in [-0.15, -0.1) is 0 Å². The SMILES string of the molecule is N#Cc1cccc(-n2c(CCNc3ncnc(N)c3C#Cc3cnccn3)nc3ccc(F)cc3c2=O)c1. The molecule has 0 aliphatic rings. The van der Waals surface area contributed by atoms with Crippen LogP contribution in [-0.2, 0) is 6.42 Å². The molecule has 0 amide bonds. The van der Waals surface area contributed by atoms with Crippen LogP contribution in [0.3, 0.4) is 0 Å². The molecule has 184 valence electrons. The summed E-state index contributed by atoms with van der Waals surface area (Å²) in [6, 6.07) is 12.5. The molecular weight excluding hydrogens is 485 g/mol. The van der Waals surface area contributed by atoms with Crippen LogP contribution in [0, 0.1) is 29.0 Å². The molecule has 0 saturated heterocycles. The smallest absolute Gasteiger partial charge is 0.266 e. The Kier molecular flexibility index (Phi) is 6.65. The van der Waals surface area contributed by atoms with Gasteiger partial charge in [-0.1, -0.05) is 12.0 Å². The van der Waals surface area contributed by atoms with Crippen molar-refractivity contribution in [1.82, 2.24) is 29.5 Å². The minimum Gasteiger partial charge on any atom is -0.382 e. The fraction of sp³-hybridized carbons (Fsp3) is 0.0741. The average Bonchev–Trinajstić information content (AvgIpc) is 2.94. The number of fused-ring (bicyclic) bond motifs is 1. The molecule has 2 aromatic carbocycles. The van der Waals surface area contributed by atoms with Gasteiger partial charge in [-0.2, -0.15) is 5.26 Å². The van der Waals surface area contributed by atoms with Crippen molar-refractivity contribution < 1.29 is 4.39 Å². The summed E-state index contributed by atoms with van der Waals surface area (Å²) in [5.41, 5.74) is 7.64. The van der Waals surface area contributed by atoms with Crippen molar-refractivity contribution in [1.29, 1.82) is 5.26 Å². The Morgan fingerprint density at radius 1 is 1.08 bits per heavy atom. The van der Waals surface area contributed by atoms with E-state index in [2.05, 4.69) is 48.1 Å². The van der Waals surface area contributed by atoms with Gasteiger partial charge in [0.15, 0.2) is 0 Å². The summed E-state index contributed by atoms with van der Waals surface area (Å²) in [6.45, 7) is 0.299. The highest BCUT2D eigenvalue weighted by atomic mass is 19.1. The van der Waals surface area contributed by atoms with E-state index in [0.717, 1.165) is 6.07 Å². The molecular formula is C27H18FN9O. The van der Waals surface area contributed by atoms with Gasteiger partial charge in [-0.3, -0.25) is 14.3 Å². The van der Waals surface area contributed by atoms with Crippen molar-refractivity contribution in [2.45, 2.75) is 6.42 Å². The maximum atomic E-state index is 13.9. The van der Waals surface area contributed by atoms with Crippen LogP contribution >= 0.6 is 0 Å². The molecule has 10 nitrogen and oxygen atoms in total. The van der Waals surface area contributed by atoms with Crippen LogP contribution in [0.5, 0.6) is 0 Å². The van der Waals surface area contributed by atoms with Crippen LogP contribution in [0.4, 0.5) is 16.0 Å². The van der Waals surface area contributed by atoms with Crippen molar-refractivity contribution in [3.05, 3.63) is 106 Å². The Balaban J connectivity index is 1.49. The predicted molar refractivity (Wildman–Crippen MR) is 139 cm³/mol. The molecule has 3 N–H and O–H groups in total. The summed E-state index contributed by atoms with van der Waals surface area (Å²) in [4.78, 5) is 34.4. The fourth-order valence-corrected chi connectivity index (χ4v) is 3.79. The lowest BCUT2D eigenvalue weighted by molar-refractivity contribution is 0.629. The van der Waals surface area contributed by atoms with E-state index >= 15 is 0 Å². The molecule has 0 atom stereocenters. The van der Waals surface area contributed by atoms with Crippen molar-refractivity contribution in [3.63, 3.8) is 0 Å². The predicted octanol–water partition coefficient (Wildman–Crippen LogP) is 2.61. The number of hydrogen-bond donors (Lipinski definition) is 2. The lowest BCUT2D eigenvalue weighted by Gasteiger charge is -2.15. The van der Waals surface area contributed by atoms with E-state index in [1.54, 1.807) is 30.5 Å². The maximum Gasteiger partial charge on any atom is 0.266 e. The molecule has 5 aromatic rings. The second kappa shape index (κ2) is 10.5. The summed E-state index contributed by atoms with van der Waals surface area (Å²) in [6.07, 6.45) is 6.20. The van der Waals surface area contributed by atoms with Crippen LogP contribution in [0.2, 0.25) is 0 Å². The van der Waals surface area contributed by atoms with Crippen molar-refractivity contribution in [2.75, 3.05) is 17.6 Å². The van der Waals surface area contributed by atoms with Crippen LogP contribution in [0.25, 0.3) is 16.6 Å². The van der Waals surface area contributed by atoms with Gasteiger partial charge in [-0.05, 0) is 42.3 Å². The molecule has 0 radical (unpaired) electrons. The molecule has 3 aromatic heterocycles. The van der Waals surface area contributed by atoms with E-state index in [0.29, 0.717) is 46.2 Å². The largest absolute Gasteiger partial charge is 0.382 e. The van der Waals surface area contributed by atoms with Gasteiger partial charge >= 0.3 is 0 Å². The second-order valence-corrected chi connectivity index (χ2v) is 7.99. The highest BCUT2D eigenvalue weighted by Crippen LogP contribution is 2.18. The highest BCUT2D eigenvalue weighted by molar-refractivity contribution is 5.78. The fourth-order valence-electron chi connectivity index (χ4n) is 3.79. The molecule has 0 spiro atoms. The van der Waals surface area contributed by atoms with Gasteiger partial charge < -0.3 is 11.1 Å². The van der Waals surface area contributed by atoms with Gasteiger partial charge in [-0.25, -0.2) is 24.3 Å². The number of rotatable bonds is 5. The van der Waals surface area contributed by atoms with Gasteiger partial charge in [0.05, 0.1) is 34.4 Å². The molecule has 0 aliphatic heterocycles. The first-order valence-corrected chi connectivity index (χ1v) is 11.4. The van der Waals surface area contributed by atoms with E-state index in [-0.39, 0.29) is 17.6 Å². The average molecular weight is 504 g/mol. The number of aromatic nitrogens is 6. The second-order valence-electron chi connectivity index (χ2n) is 7.99. The van der Waals surface area contributed by atoms with Crippen LogP contribution in [-0.4, -0.2) is 36.0 Å². The topological polar surface area (TPSA) is 148 Å². The van der Waals surface area contributed by atoms with Crippen LogP contribution in [0.1, 0.15) is 22.6 Å². The number of nitriles is 1. The number of nitrogens with one attached hydrogen (secondary N) is 1. The Morgan fingerprint density at radius 2 is 1.97 bits per heavy atom. The number of benzene rings is 2. The zero-order valence-corrected chi connectivity index (χ0v) is 19.8. The number of anilines is 2. The first-order chi connectivity index (χ1) is 18.5. The Labute approximate surface area is 215 Å². The van der Waals surface area contributed by atoms with Crippen molar-refractivity contribution >= 4 is 22.5 Å². The molecule has 38 heavy (non-hydrogen) atoms. The number of nitrogens with zero attached hydrogens (tertiary/aromatic N) is 7. The minimum absolute atomic E-state index is 0.134. The summed E-state index contributed by atoms with van der Waals surface area (Å²) in [5.74, 6) is 6.27. The molecule has 0 saturated carbocycles. The molecule has 0 aliphatic carbocycles. The molecule has 0 unspecified atom stereocenters. The normalized spacial score (nSPS) is 10.4.